The summed E-state index contributed by atoms with van der Waals surface area (Å²) in [6.45, 7) is 1.40. The normalized spacial score (nSPS) is 11.6. The number of amides is 1. The monoisotopic (exact) mass is 223 g/mol. The molecule has 5 nitrogen and oxygen atoms in total. The number of carboxylic acids is 1. The molecular formula is C11H13NO4. The van der Waals surface area contributed by atoms with Crippen molar-refractivity contribution in [1.29, 1.82) is 0 Å². The molecule has 5 heteroatoms. The number of carbonyl (C=O) groups is 2. The van der Waals surface area contributed by atoms with Crippen molar-refractivity contribution in [1.82, 2.24) is 5.32 Å². The van der Waals surface area contributed by atoms with Crippen molar-refractivity contribution in [2.24, 2.45) is 0 Å². The van der Waals surface area contributed by atoms with Crippen molar-refractivity contribution >= 4 is 11.9 Å². The Kier molecular flexibility index (Phi) is 3.88. The number of hydrogen-bond donors (Lipinski definition) is 2. The molecule has 0 unspecified atom stereocenters. The number of hydrogen-bond acceptors (Lipinski definition) is 3. The second-order valence-corrected chi connectivity index (χ2v) is 3.27. The quantitative estimate of drug-likeness (QED) is 0.795. The summed E-state index contributed by atoms with van der Waals surface area (Å²) in [7, 11) is 1.50. The lowest BCUT2D eigenvalue weighted by atomic mass is 10.2. The molecule has 2 N–H and O–H groups in total. The second-order valence-electron chi connectivity index (χ2n) is 3.27. The van der Waals surface area contributed by atoms with Gasteiger partial charge in [0.2, 0.25) is 0 Å². The van der Waals surface area contributed by atoms with E-state index in [1.807, 2.05) is 0 Å². The molecule has 0 saturated heterocycles. The van der Waals surface area contributed by atoms with Crippen LogP contribution in [0.25, 0.3) is 0 Å². The summed E-state index contributed by atoms with van der Waals surface area (Å²) in [5, 5.41) is 11.0. The maximum Gasteiger partial charge on any atom is 0.325 e. The predicted octanol–water partition coefficient (Wildman–Crippen LogP) is 0.898. The van der Waals surface area contributed by atoms with Gasteiger partial charge in [0, 0.05) is 5.56 Å². The van der Waals surface area contributed by atoms with Crippen LogP contribution < -0.4 is 10.1 Å². The predicted molar refractivity (Wildman–Crippen MR) is 57.6 cm³/mol. The third-order valence-corrected chi connectivity index (χ3v) is 2.05. The fourth-order valence-electron chi connectivity index (χ4n) is 1.11. The van der Waals surface area contributed by atoms with Crippen LogP contribution in [0.4, 0.5) is 0 Å². The van der Waals surface area contributed by atoms with E-state index < -0.39 is 17.9 Å². The Morgan fingerprint density at radius 1 is 1.44 bits per heavy atom. The van der Waals surface area contributed by atoms with Crippen LogP contribution in [0.5, 0.6) is 5.75 Å². The standard InChI is InChI=1S/C11H13NO4/c1-7(11(14)15)12-10(13)8-4-3-5-9(6-8)16-2/h3-7H,1-2H3,(H,12,13)(H,14,15)/t7-/m1/s1. The maximum absolute atomic E-state index is 11.6. The van der Waals surface area contributed by atoms with Gasteiger partial charge < -0.3 is 15.2 Å². The highest BCUT2D eigenvalue weighted by atomic mass is 16.5. The van der Waals surface area contributed by atoms with Crippen molar-refractivity contribution in [3.63, 3.8) is 0 Å². The highest BCUT2D eigenvalue weighted by Crippen LogP contribution is 2.12. The zero-order valence-corrected chi connectivity index (χ0v) is 9.06. The van der Waals surface area contributed by atoms with Crippen LogP contribution in [-0.2, 0) is 4.79 Å². The average molecular weight is 223 g/mol. The summed E-state index contributed by atoms with van der Waals surface area (Å²) in [5.41, 5.74) is 0.368. The number of aliphatic carboxylic acids is 1. The third kappa shape index (κ3) is 2.98. The van der Waals surface area contributed by atoms with Crippen molar-refractivity contribution < 1.29 is 19.4 Å². The van der Waals surface area contributed by atoms with Gasteiger partial charge in [0.1, 0.15) is 11.8 Å². The Morgan fingerprint density at radius 2 is 2.12 bits per heavy atom. The number of carbonyl (C=O) groups excluding carboxylic acids is 1. The molecule has 1 aromatic carbocycles. The van der Waals surface area contributed by atoms with Gasteiger partial charge >= 0.3 is 5.97 Å². The highest BCUT2D eigenvalue weighted by Gasteiger charge is 2.15. The lowest BCUT2D eigenvalue weighted by Gasteiger charge is -2.09. The van der Waals surface area contributed by atoms with Gasteiger partial charge in [-0.1, -0.05) is 6.07 Å². The van der Waals surface area contributed by atoms with E-state index in [0.29, 0.717) is 11.3 Å². The van der Waals surface area contributed by atoms with Crippen molar-refractivity contribution in [3.05, 3.63) is 29.8 Å². The van der Waals surface area contributed by atoms with E-state index >= 15 is 0 Å². The molecule has 0 spiro atoms. The smallest absolute Gasteiger partial charge is 0.325 e. The van der Waals surface area contributed by atoms with Crippen molar-refractivity contribution in [2.45, 2.75) is 13.0 Å². The first-order chi connectivity index (χ1) is 7.54. The first kappa shape index (κ1) is 12.0. The largest absolute Gasteiger partial charge is 0.497 e. The number of carboxylic acid groups (broad SMARTS) is 1. The Bertz CT molecular complexity index is 403. The molecule has 1 amide bonds. The van der Waals surface area contributed by atoms with E-state index in [2.05, 4.69) is 5.32 Å². The van der Waals surface area contributed by atoms with E-state index in [4.69, 9.17) is 9.84 Å². The summed E-state index contributed by atoms with van der Waals surface area (Å²) < 4.78 is 4.96. The first-order valence-corrected chi connectivity index (χ1v) is 4.72. The lowest BCUT2D eigenvalue weighted by Crippen LogP contribution is -2.38. The summed E-state index contributed by atoms with van der Waals surface area (Å²) >= 11 is 0. The minimum absolute atomic E-state index is 0.368. The van der Waals surface area contributed by atoms with Crippen LogP contribution in [0.15, 0.2) is 24.3 Å². The van der Waals surface area contributed by atoms with Gasteiger partial charge in [-0.3, -0.25) is 9.59 Å². The fraction of sp³-hybridized carbons (Fsp3) is 0.273. The van der Waals surface area contributed by atoms with E-state index in [-0.39, 0.29) is 0 Å². The minimum Gasteiger partial charge on any atom is -0.497 e. The van der Waals surface area contributed by atoms with E-state index in [1.54, 1.807) is 24.3 Å². The maximum atomic E-state index is 11.6. The Balaban J connectivity index is 2.76. The molecule has 0 aliphatic carbocycles. The fourth-order valence-corrected chi connectivity index (χ4v) is 1.11. The average Bonchev–Trinajstić information content (AvgIpc) is 2.28. The zero-order valence-electron chi connectivity index (χ0n) is 9.06. The second kappa shape index (κ2) is 5.16. The van der Waals surface area contributed by atoms with E-state index in [0.717, 1.165) is 0 Å². The van der Waals surface area contributed by atoms with Gasteiger partial charge in [0.05, 0.1) is 7.11 Å². The number of methoxy groups -OCH3 is 1. The first-order valence-electron chi connectivity index (χ1n) is 4.72. The van der Waals surface area contributed by atoms with Gasteiger partial charge in [0.15, 0.2) is 0 Å². The number of benzene rings is 1. The molecule has 0 aromatic heterocycles. The minimum atomic E-state index is -1.07. The molecule has 1 rings (SSSR count). The van der Waals surface area contributed by atoms with Crippen LogP contribution in [0.2, 0.25) is 0 Å². The Morgan fingerprint density at radius 3 is 2.69 bits per heavy atom. The van der Waals surface area contributed by atoms with Crippen LogP contribution >= 0.6 is 0 Å². The summed E-state index contributed by atoms with van der Waals surface area (Å²) in [6.07, 6.45) is 0. The summed E-state index contributed by atoms with van der Waals surface area (Å²) in [6, 6.07) is 5.59. The van der Waals surface area contributed by atoms with Crippen LogP contribution in [0, 0.1) is 0 Å². The van der Waals surface area contributed by atoms with Gasteiger partial charge in [-0.2, -0.15) is 0 Å². The highest BCUT2D eigenvalue weighted by molar-refractivity contribution is 5.96. The van der Waals surface area contributed by atoms with Crippen LogP contribution in [-0.4, -0.2) is 30.1 Å². The molecule has 16 heavy (non-hydrogen) atoms. The van der Waals surface area contributed by atoms with E-state index in [9.17, 15) is 9.59 Å². The molecule has 1 aromatic rings. The molecule has 1 atom stereocenters. The molecule has 0 fully saturated rings. The third-order valence-electron chi connectivity index (χ3n) is 2.05. The SMILES string of the molecule is COc1cccc(C(=O)N[C@H](C)C(=O)O)c1. The number of rotatable bonds is 4. The molecule has 0 heterocycles. The Hall–Kier alpha value is -2.04. The van der Waals surface area contributed by atoms with Crippen molar-refractivity contribution in [3.8, 4) is 5.75 Å². The van der Waals surface area contributed by atoms with Crippen molar-refractivity contribution in [2.75, 3.05) is 7.11 Å². The van der Waals surface area contributed by atoms with Gasteiger partial charge in [-0.05, 0) is 25.1 Å². The zero-order chi connectivity index (χ0) is 12.1. The van der Waals surface area contributed by atoms with Crippen LogP contribution in [0.3, 0.4) is 0 Å². The Labute approximate surface area is 93.0 Å². The summed E-state index contributed by atoms with van der Waals surface area (Å²) in [4.78, 5) is 22.1. The van der Waals surface area contributed by atoms with Crippen LogP contribution in [0.1, 0.15) is 17.3 Å². The topological polar surface area (TPSA) is 75.6 Å². The van der Waals surface area contributed by atoms with Gasteiger partial charge in [-0.25, -0.2) is 0 Å². The molecular weight excluding hydrogens is 210 g/mol. The van der Waals surface area contributed by atoms with Gasteiger partial charge in [0.25, 0.3) is 5.91 Å². The lowest BCUT2D eigenvalue weighted by molar-refractivity contribution is -0.138. The molecule has 0 radical (unpaired) electrons. The summed E-state index contributed by atoms with van der Waals surface area (Å²) in [5.74, 6) is -0.958. The molecule has 0 saturated carbocycles. The molecule has 86 valence electrons. The molecule has 0 bridgehead atoms. The molecule has 0 aliphatic rings. The number of nitrogens with one attached hydrogen (secondary N) is 1. The molecule has 0 aliphatic heterocycles. The van der Waals surface area contributed by atoms with E-state index in [1.165, 1.54) is 14.0 Å². The van der Waals surface area contributed by atoms with Gasteiger partial charge in [-0.15, -0.1) is 0 Å². The number of ether oxygens (including phenoxy) is 1.